The Morgan fingerprint density at radius 3 is 2.58 bits per heavy atom. The number of methoxy groups -OCH3 is 1. The number of hydrogen-bond donors (Lipinski definition) is 0. The Morgan fingerprint density at radius 2 is 1.84 bits per heavy atom. The molecular formula is C27H23N3O7S. The van der Waals surface area contributed by atoms with Crippen LogP contribution in [0.2, 0.25) is 0 Å². The van der Waals surface area contributed by atoms with Gasteiger partial charge < -0.3 is 4.74 Å². The van der Waals surface area contributed by atoms with Crippen molar-refractivity contribution in [2.75, 3.05) is 17.1 Å². The first kappa shape index (κ1) is 24.3. The minimum absolute atomic E-state index is 0.133. The fourth-order valence-electron chi connectivity index (χ4n) is 5.60. The Kier molecular flexibility index (Phi) is 5.96. The van der Waals surface area contributed by atoms with Gasteiger partial charge in [0.1, 0.15) is 10.9 Å². The van der Waals surface area contributed by atoms with Crippen molar-refractivity contribution in [2.45, 2.75) is 37.8 Å². The minimum Gasteiger partial charge on any atom is -0.465 e. The van der Waals surface area contributed by atoms with E-state index in [4.69, 9.17) is 9.57 Å². The molecule has 1 aromatic heterocycles. The van der Waals surface area contributed by atoms with Crippen molar-refractivity contribution in [2.24, 2.45) is 5.92 Å². The summed E-state index contributed by atoms with van der Waals surface area (Å²) in [5, 5.41) is 13.3. The van der Waals surface area contributed by atoms with Crippen molar-refractivity contribution in [3.63, 3.8) is 0 Å². The van der Waals surface area contributed by atoms with Gasteiger partial charge in [-0.1, -0.05) is 30.3 Å². The van der Waals surface area contributed by atoms with Gasteiger partial charge in [0.05, 0.1) is 29.3 Å². The van der Waals surface area contributed by atoms with Crippen molar-refractivity contribution >= 4 is 45.5 Å². The number of anilines is 2. The van der Waals surface area contributed by atoms with Crippen LogP contribution in [0.4, 0.5) is 16.4 Å². The molecule has 1 aliphatic carbocycles. The van der Waals surface area contributed by atoms with Gasteiger partial charge >= 0.3 is 5.97 Å². The molecule has 3 heterocycles. The van der Waals surface area contributed by atoms with E-state index in [1.54, 1.807) is 36.4 Å². The number of carbonyl (C=O) groups excluding carboxylic acids is 3. The van der Waals surface area contributed by atoms with Crippen molar-refractivity contribution in [1.82, 2.24) is 0 Å². The second kappa shape index (κ2) is 9.34. The molecule has 38 heavy (non-hydrogen) atoms. The normalized spacial score (nSPS) is 22.4. The number of aryl methyl sites for hydroxylation is 1. The Labute approximate surface area is 221 Å². The largest absolute Gasteiger partial charge is 0.465 e. The van der Waals surface area contributed by atoms with Crippen LogP contribution < -0.4 is 9.96 Å². The smallest absolute Gasteiger partial charge is 0.341 e. The van der Waals surface area contributed by atoms with Crippen LogP contribution in [0.1, 0.15) is 45.2 Å². The molecule has 0 bridgehead atoms. The molecular weight excluding hydrogens is 510 g/mol. The third-order valence-corrected chi connectivity index (χ3v) is 8.57. The first-order valence-electron chi connectivity index (χ1n) is 12.3. The second-order valence-corrected chi connectivity index (χ2v) is 10.5. The van der Waals surface area contributed by atoms with Crippen molar-refractivity contribution in [1.29, 1.82) is 0 Å². The number of para-hydroxylation sites is 1. The molecule has 3 aromatic rings. The van der Waals surface area contributed by atoms with Crippen molar-refractivity contribution in [3.05, 3.63) is 86.3 Å². The molecule has 3 aliphatic rings. The molecule has 11 heteroatoms. The highest BCUT2D eigenvalue weighted by molar-refractivity contribution is 7.17. The van der Waals surface area contributed by atoms with Gasteiger partial charge in [-0.05, 0) is 48.9 Å². The minimum atomic E-state index is -1.16. The van der Waals surface area contributed by atoms with Crippen LogP contribution in [-0.2, 0) is 32.0 Å². The summed E-state index contributed by atoms with van der Waals surface area (Å²) in [6.45, 7) is 0. The summed E-state index contributed by atoms with van der Waals surface area (Å²) >= 11 is 1.27. The van der Waals surface area contributed by atoms with Crippen LogP contribution in [-0.4, -0.2) is 35.9 Å². The van der Waals surface area contributed by atoms with Gasteiger partial charge in [-0.2, -0.15) is 0 Å². The van der Waals surface area contributed by atoms with Crippen LogP contribution in [0.15, 0.2) is 54.6 Å². The van der Waals surface area contributed by atoms with Crippen molar-refractivity contribution < 1.29 is 28.9 Å². The van der Waals surface area contributed by atoms with E-state index in [0.717, 1.165) is 34.6 Å². The van der Waals surface area contributed by atoms with Gasteiger partial charge in [0.2, 0.25) is 5.91 Å². The Bertz CT molecular complexity index is 1470. The molecule has 2 fully saturated rings. The number of ether oxygens (including phenoxy) is 1. The average Bonchev–Trinajstić information content (AvgIpc) is 3.59. The van der Waals surface area contributed by atoms with Crippen molar-refractivity contribution in [3.8, 4) is 0 Å². The number of amides is 2. The van der Waals surface area contributed by atoms with E-state index in [1.807, 2.05) is 6.07 Å². The zero-order valence-electron chi connectivity index (χ0n) is 20.4. The van der Waals surface area contributed by atoms with Gasteiger partial charge in [-0.15, -0.1) is 11.3 Å². The lowest BCUT2D eigenvalue weighted by Gasteiger charge is -2.28. The highest BCUT2D eigenvalue weighted by Gasteiger charge is 2.61. The number of fused-ring (bicyclic) bond motifs is 2. The van der Waals surface area contributed by atoms with Crippen LogP contribution in [0, 0.1) is 16.0 Å². The van der Waals surface area contributed by atoms with E-state index < -0.39 is 40.8 Å². The van der Waals surface area contributed by atoms with Crippen LogP contribution >= 0.6 is 11.3 Å². The summed E-state index contributed by atoms with van der Waals surface area (Å²) in [6, 6.07) is 14.2. The molecule has 3 atom stereocenters. The lowest BCUT2D eigenvalue weighted by Crippen LogP contribution is -2.37. The molecule has 0 unspecified atom stereocenters. The summed E-state index contributed by atoms with van der Waals surface area (Å²) in [5.74, 6) is -2.65. The Hall–Kier alpha value is -4.09. The maximum atomic E-state index is 14.1. The summed E-state index contributed by atoms with van der Waals surface area (Å²) in [4.78, 5) is 59.9. The van der Waals surface area contributed by atoms with Gasteiger partial charge in [0.25, 0.3) is 11.6 Å². The van der Waals surface area contributed by atoms with Crippen LogP contribution in [0.5, 0.6) is 0 Å². The number of carbonyl (C=O) groups is 3. The number of esters is 1. The molecule has 2 saturated heterocycles. The molecule has 10 nitrogen and oxygen atoms in total. The molecule has 194 valence electrons. The number of hydrogen-bond acceptors (Lipinski definition) is 9. The fraction of sp³-hybridized carbons (Fsp3) is 0.296. The van der Waals surface area contributed by atoms with Crippen LogP contribution in [0.3, 0.4) is 0 Å². The highest BCUT2D eigenvalue weighted by atomic mass is 32.1. The van der Waals surface area contributed by atoms with E-state index >= 15 is 0 Å². The Balaban J connectivity index is 1.46. The predicted octanol–water partition coefficient (Wildman–Crippen LogP) is 4.37. The van der Waals surface area contributed by atoms with E-state index in [-0.39, 0.29) is 16.3 Å². The first-order chi connectivity index (χ1) is 18.4. The molecule has 0 spiro atoms. The summed E-state index contributed by atoms with van der Waals surface area (Å²) in [6.07, 6.45) is 2.15. The molecule has 6 rings (SSSR count). The van der Waals surface area contributed by atoms with E-state index in [2.05, 4.69) is 0 Å². The van der Waals surface area contributed by atoms with E-state index in [9.17, 15) is 24.5 Å². The number of non-ortho nitro benzene ring substituents is 1. The summed E-state index contributed by atoms with van der Waals surface area (Å²) in [5.41, 5.74) is 2.04. The monoisotopic (exact) mass is 533 g/mol. The number of hydroxylamine groups is 1. The SMILES string of the molecule is COC(=O)c1c(N2C(=O)[C@@H]3[C@H](ON(c4ccccc4)[C@H]3c3cccc([N+](=O)[O-])c3)C2=O)sc2c1CCCC2. The van der Waals surface area contributed by atoms with Crippen LogP contribution in [0.25, 0.3) is 0 Å². The zero-order valence-corrected chi connectivity index (χ0v) is 21.2. The molecule has 0 saturated carbocycles. The van der Waals surface area contributed by atoms with Gasteiger partial charge in [-0.25, -0.2) is 14.8 Å². The number of nitro benzene ring substituents is 1. The van der Waals surface area contributed by atoms with Gasteiger partial charge in [0.15, 0.2) is 6.10 Å². The van der Waals surface area contributed by atoms with Gasteiger partial charge in [-0.3, -0.25) is 24.5 Å². The van der Waals surface area contributed by atoms with Gasteiger partial charge in [0, 0.05) is 17.0 Å². The lowest BCUT2D eigenvalue weighted by atomic mass is 9.90. The van der Waals surface area contributed by atoms with E-state index in [1.165, 1.54) is 35.6 Å². The molecule has 2 amide bonds. The third kappa shape index (κ3) is 3.69. The molecule has 2 aliphatic heterocycles. The number of nitrogens with zero attached hydrogens (tertiary/aromatic N) is 3. The number of thiophene rings is 1. The highest BCUT2D eigenvalue weighted by Crippen LogP contribution is 2.50. The second-order valence-electron chi connectivity index (χ2n) is 9.40. The summed E-state index contributed by atoms with van der Waals surface area (Å²) in [7, 11) is 1.28. The maximum absolute atomic E-state index is 14.1. The number of rotatable bonds is 5. The predicted molar refractivity (Wildman–Crippen MR) is 138 cm³/mol. The fourth-order valence-corrected chi connectivity index (χ4v) is 6.98. The zero-order chi connectivity index (χ0) is 26.6. The standard InChI is InChI=1S/C27H23N3O7S/c1-36-27(33)20-18-12-5-6-13-19(18)38-26(20)28-24(31)21-22(15-8-7-11-17(14-15)30(34)35)29(37-23(21)25(28)32)16-9-3-2-4-10-16/h2-4,7-11,14,21-23H,5-6,12-13H2,1H3/t21-,22-,23-/m0/s1. The molecule has 0 radical (unpaired) electrons. The maximum Gasteiger partial charge on any atom is 0.341 e. The molecule has 2 aromatic carbocycles. The third-order valence-electron chi connectivity index (χ3n) is 7.29. The topological polar surface area (TPSA) is 119 Å². The lowest BCUT2D eigenvalue weighted by molar-refractivity contribution is -0.384. The quantitative estimate of drug-likeness (QED) is 0.205. The summed E-state index contributed by atoms with van der Waals surface area (Å²) < 4.78 is 5.04. The molecule has 0 N–H and O–H groups in total. The van der Waals surface area contributed by atoms with E-state index in [0.29, 0.717) is 17.7 Å². The number of benzene rings is 2. The number of nitro groups is 1. The Morgan fingerprint density at radius 1 is 1.08 bits per heavy atom. The first-order valence-corrected chi connectivity index (χ1v) is 13.1. The average molecular weight is 534 g/mol. The number of imide groups is 1.